The standard InChI is InChI=1S/C19H24N2O5/c1-2-26-19(25)14-8-5-6-9-15(14)20-16(22)10-4-3-7-13-21-17(23)11-12-18(21)24/h5-6,8-9H,2-4,7,10-13H2,1H3,(H,20,22). The number of nitrogens with one attached hydrogen (secondary N) is 1. The van der Waals surface area contributed by atoms with Gasteiger partial charge in [0.2, 0.25) is 17.7 Å². The molecule has 1 aliphatic heterocycles. The summed E-state index contributed by atoms with van der Waals surface area (Å²) in [6.07, 6.45) is 2.99. The molecule has 0 atom stereocenters. The summed E-state index contributed by atoms with van der Waals surface area (Å²) >= 11 is 0. The van der Waals surface area contributed by atoms with E-state index in [1.807, 2.05) is 0 Å². The molecule has 1 saturated heterocycles. The van der Waals surface area contributed by atoms with Gasteiger partial charge in [-0.15, -0.1) is 0 Å². The Morgan fingerprint density at radius 3 is 2.46 bits per heavy atom. The Bertz CT molecular complexity index is 670. The molecule has 1 aromatic rings. The summed E-state index contributed by atoms with van der Waals surface area (Å²) in [4.78, 5) is 48.3. The number of hydrogen-bond donors (Lipinski definition) is 1. The van der Waals surface area contributed by atoms with Crippen molar-refractivity contribution < 1.29 is 23.9 Å². The summed E-state index contributed by atoms with van der Waals surface area (Å²) < 4.78 is 4.98. The van der Waals surface area contributed by atoms with Crippen LogP contribution in [0, 0.1) is 0 Å². The zero-order valence-corrected chi connectivity index (χ0v) is 15.0. The Morgan fingerprint density at radius 2 is 1.77 bits per heavy atom. The summed E-state index contributed by atoms with van der Waals surface area (Å²) in [5.74, 6) is -0.870. The highest BCUT2D eigenvalue weighted by molar-refractivity contribution is 6.02. The predicted molar refractivity (Wildman–Crippen MR) is 95.5 cm³/mol. The summed E-state index contributed by atoms with van der Waals surface area (Å²) in [7, 11) is 0. The van der Waals surface area contributed by atoms with Gasteiger partial charge in [0.1, 0.15) is 0 Å². The zero-order chi connectivity index (χ0) is 18.9. The number of ether oxygens (including phenoxy) is 1. The van der Waals surface area contributed by atoms with Crippen molar-refractivity contribution in [2.24, 2.45) is 0 Å². The fourth-order valence-corrected chi connectivity index (χ4v) is 2.80. The largest absolute Gasteiger partial charge is 0.462 e. The average Bonchev–Trinajstić information content (AvgIpc) is 2.94. The van der Waals surface area contributed by atoms with Crippen molar-refractivity contribution in [2.45, 2.75) is 45.4 Å². The van der Waals surface area contributed by atoms with Crippen molar-refractivity contribution in [3.05, 3.63) is 29.8 Å². The lowest BCUT2D eigenvalue weighted by Crippen LogP contribution is -2.29. The van der Waals surface area contributed by atoms with E-state index in [1.165, 1.54) is 4.90 Å². The lowest BCUT2D eigenvalue weighted by atomic mass is 10.1. The van der Waals surface area contributed by atoms with Gasteiger partial charge in [0.25, 0.3) is 0 Å². The van der Waals surface area contributed by atoms with Gasteiger partial charge in [0.15, 0.2) is 0 Å². The molecular formula is C19H24N2O5. The minimum absolute atomic E-state index is 0.108. The molecule has 0 aliphatic carbocycles. The first-order valence-corrected chi connectivity index (χ1v) is 8.92. The first kappa shape index (κ1) is 19.6. The maximum absolute atomic E-state index is 12.1. The quantitative estimate of drug-likeness (QED) is 0.415. The maximum Gasteiger partial charge on any atom is 0.340 e. The van der Waals surface area contributed by atoms with Crippen LogP contribution >= 0.6 is 0 Å². The molecule has 1 heterocycles. The van der Waals surface area contributed by atoms with Crippen molar-refractivity contribution in [3.63, 3.8) is 0 Å². The van der Waals surface area contributed by atoms with E-state index in [1.54, 1.807) is 31.2 Å². The maximum atomic E-state index is 12.1. The monoisotopic (exact) mass is 360 g/mol. The van der Waals surface area contributed by atoms with Crippen LogP contribution in [0.5, 0.6) is 0 Å². The summed E-state index contributed by atoms with van der Waals surface area (Å²) in [5.41, 5.74) is 0.762. The van der Waals surface area contributed by atoms with Gasteiger partial charge in [-0.2, -0.15) is 0 Å². The van der Waals surface area contributed by atoms with E-state index in [2.05, 4.69) is 5.32 Å². The van der Waals surface area contributed by atoms with Crippen molar-refractivity contribution in [1.29, 1.82) is 0 Å². The Hall–Kier alpha value is -2.70. The second kappa shape index (κ2) is 9.70. The smallest absolute Gasteiger partial charge is 0.340 e. The number of unbranched alkanes of at least 4 members (excludes halogenated alkanes) is 2. The molecular weight excluding hydrogens is 336 g/mol. The van der Waals surface area contributed by atoms with Crippen LogP contribution in [-0.2, 0) is 19.1 Å². The Kier molecular flexibility index (Phi) is 7.32. The number of nitrogens with zero attached hydrogens (tertiary/aromatic N) is 1. The van der Waals surface area contributed by atoms with Crippen LogP contribution in [0.1, 0.15) is 55.8 Å². The van der Waals surface area contributed by atoms with Crippen molar-refractivity contribution in [2.75, 3.05) is 18.5 Å². The zero-order valence-electron chi connectivity index (χ0n) is 15.0. The molecule has 1 aromatic carbocycles. The number of para-hydroxylation sites is 1. The molecule has 7 nitrogen and oxygen atoms in total. The summed E-state index contributed by atoms with van der Waals surface area (Å²) in [6.45, 7) is 2.41. The van der Waals surface area contributed by atoms with Gasteiger partial charge < -0.3 is 10.1 Å². The molecule has 26 heavy (non-hydrogen) atoms. The van der Waals surface area contributed by atoms with Gasteiger partial charge in [-0.05, 0) is 31.9 Å². The number of benzene rings is 1. The molecule has 0 unspecified atom stereocenters. The first-order valence-electron chi connectivity index (χ1n) is 8.92. The average molecular weight is 360 g/mol. The number of likely N-dealkylation sites (tertiary alicyclic amines) is 1. The van der Waals surface area contributed by atoms with E-state index in [4.69, 9.17) is 4.74 Å². The van der Waals surface area contributed by atoms with Gasteiger partial charge in [-0.1, -0.05) is 18.6 Å². The molecule has 7 heteroatoms. The minimum atomic E-state index is -0.469. The number of amides is 3. The van der Waals surface area contributed by atoms with E-state index < -0.39 is 5.97 Å². The highest BCUT2D eigenvalue weighted by atomic mass is 16.5. The molecule has 0 radical (unpaired) electrons. The molecule has 0 spiro atoms. The number of rotatable bonds is 9. The van der Waals surface area contributed by atoms with Gasteiger partial charge in [0, 0.05) is 25.8 Å². The molecule has 2 rings (SSSR count). The molecule has 3 amide bonds. The number of carbonyl (C=O) groups is 4. The topological polar surface area (TPSA) is 92.8 Å². The third-order valence-electron chi connectivity index (χ3n) is 4.14. The van der Waals surface area contributed by atoms with Crippen LogP contribution in [0.4, 0.5) is 5.69 Å². The normalized spacial score (nSPS) is 13.8. The van der Waals surface area contributed by atoms with Crippen LogP contribution in [0.25, 0.3) is 0 Å². The Balaban J connectivity index is 1.73. The lowest BCUT2D eigenvalue weighted by molar-refractivity contribution is -0.138. The van der Waals surface area contributed by atoms with Crippen LogP contribution in [-0.4, -0.2) is 41.7 Å². The SMILES string of the molecule is CCOC(=O)c1ccccc1NC(=O)CCCCCN1C(=O)CCC1=O. The third kappa shape index (κ3) is 5.40. The molecule has 0 aromatic heterocycles. The van der Waals surface area contributed by atoms with Gasteiger partial charge in [-0.25, -0.2) is 4.79 Å². The van der Waals surface area contributed by atoms with Crippen LogP contribution in [0.15, 0.2) is 24.3 Å². The van der Waals surface area contributed by atoms with Crippen molar-refractivity contribution >= 4 is 29.4 Å². The van der Waals surface area contributed by atoms with Gasteiger partial charge in [-0.3, -0.25) is 19.3 Å². The molecule has 0 bridgehead atoms. The number of anilines is 1. The number of imide groups is 1. The molecule has 1 fully saturated rings. The van der Waals surface area contributed by atoms with E-state index in [0.717, 1.165) is 6.42 Å². The first-order chi connectivity index (χ1) is 12.5. The summed E-state index contributed by atoms with van der Waals surface area (Å²) in [6, 6.07) is 6.72. The molecule has 140 valence electrons. The molecule has 1 N–H and O–H groups in total. The predicted octanol–water partition coefficient (Wildman–Crippen LogP) is 2.51. The molecule has 0 saturated carbocycles. The second-order valence-corrected chi connectivity index (χ2v) is 6.06. The number of carbonyl (C=O) groups excluding carboxylic acids is 4. The highest BCUT2D eigenvalue weighted by Crippen LogP contribution is 2.17. The van der Waals surface area contributed by atoms with Gasteiger partial charge >= 0.3 is 5.97 Å². The van der Waals surface area contributed by atoms with E-state index in [-0.39, 0.29) is 24.3 Å². The minimum Gasteiger partial charge on any atom is -0.462 e. The van der Waals surface area contributed by atoms with Crippen LogP contribution in [0.2, 0.25) is 0 Å². The molecule has 1 aliphatic rings. The Morgan fingerprint density at radius 1 is 1.08 bits per heavy atom. The third-order valence-corrected chi connectivity index (χ3v) is 4.14. The van der Waals surface area contributed by atoms with Gasteiger partial charge in [0.05, 0.1) is 17.9 Å². The fraction of sp³-hybridized carbons (Fsp3) is 0.474. The summed E-state index contributed by atoms with van der Waals surface area (Å²) in [5, 5.41) is 2.74. The number of esters is 1. The highest BCUT2D eigenvalue weighted by Gasteiger charge is 2.27. The van der Waals surface area contributed by atoms with Crippen LogP contribution < -0.4 is 5.32 Å². The lowest BCUT2D eigenvalue weighted by Gasteiger charge is -2.13. The van der Waals surface area contributed by atoms with E-state index in [0.29, 0.717) is 49.9 Å². The fourth-order valence-electron chi connectivity index (χ4n) is 2.80. The van der Waals surface area contributed by atoms with Crippen LogP contribution in [0.3, 0.4) is 0 Å². The van der Waals surface area contributed by atoms with Crippen molar-refractivity contribution in [3.8, 4) is 0 Å². The van der Waals surface area contributed by atoms with E-state index in [9.17, 15) is 19.2 Å². The second-order valence-electron chi connectivity index (χ2n) is 6.06. The number of hydrogen-bond acceptors (Lipinski definition) is 5. The Labute approximate surface area is 152 Å². The van der Waals surface area contributed by atoms with E-state index >= 15 is 0 Å². The van der Waals surface area contributed by atoms with Crippen molar-refractivity contribution in [1.82, 2.24) is 4.90 Å².